The second-order valence-corrected chi connectivity index (χ2v) is 3.97. The van der Waals surface area contributed by atoms with E-state index in [1.807, 2.05) is 0 Å². The van der Waals surface area contributed by atoms with Crippen molar-refractivity contribution in [3.63, 3.8) is 0 Å². The number of esters is 1. The Hall–Kier alpha value is -2.17. The summed E-state index contributed by atoms with van der Waals surface area (Å²) in [7, 11) is 1.49. The van der Waals surface area contributed by atoms with E-state index in [9.17, 15) is 9.90 Å². The first-order valence-corrected chi connectivity index (χ1v) is 5.73. The van der Waals surface area contributed by atoms with Gasteiger partial charge in [-0.15, -0.1) is 0 Å². The van der Waals surface area contributed by atoms with E-state index in [4.69, 9.17) is 15.0 Å². The van der Waals surface area contributed by atoms with Gasteiger partial charge in [0.05, 0.1) is 13.7 Å². The van der Waals surface area contributed by atoms with E-state index in [-0.39, 0.29) is 6.61 Å². The Morgan fingerprint density at radius 2 is 2.21 bits per heavy atom. The summed E-state index contributed by atoms with van der Waals surface area (Å²) < 4.78 is 9.78. The molecule has 6 heteroatoms. The van der Waals surface area contributed by atoms with Gasteiger partial charge in [-0.2, -0.15) is 4.79 Å². The van der Waals surface area contributed by atoms with E-state index in [1.54, 1.807) is 31.2 Å². The molecule has 0 heterocycles. The van der Waals surface area contributed by atoms with Crippen molar-refractivity contribution in [3.8, 4) is 5.75 Å². The van der Waals surface area contributed by atoms with Crippen molar-refractivity contribution in [2.45, 2.75) is 19.4 Å². The van der Waals surface area contributed by atoms with E-state index in [0.717, 1.165) is 0 Å². The molecule has 0 amide bonds. The molecule has 1 unspecified atom stereocenters. The summed E-state index contributed by atoms with van der Waals surface area (Å²) in [4.78, 5) is 14.5. The molecular weight excluding hydrogens is 248 g/mol. The molecule has 0 aliphatic carbocycles. The normalized spacial score (nSPS) is 13.1. The highest BCUT2D eigenvalue weighted by atomic mass is 16.5. The highest BCUT2D eigenvalue weighted by molar-refractivity contribution is 6.36. The van der Waals surface area contributed by atoms with Gasteiger partial charge < -0.3 is 20.1 Å². The van der Waals surface area contributed by atoms with Gasteiger partial charge in [-0.25, -0.2) is 4.79 Å². The van der Waals surface area contributed by atoms with Gasteiger partial charge in [-0.05, 0) is 31.5 Å². The number of hydrogen-bond donors (Lipinski definition) is 1. The standard InChI is InChI=1S/C13H16N2O4/c1-4-19-12(16)11(15-14)13(2,17)9-6-5-7-10(8-9)18-3/h5-8,17H,4H2,1-3H3. The van der Waals surface area contributed by atoms with E-state index in [2.05, 4.69) is 4.79 Å². The molecule has 102 valence electrons. The largest absolute Gasteiger partial charge is 0.497 e. The number of nitrogens with zero attached hydrogens (tertiary/aromatic N) is 2. The zero-order valence-electron chi connectivity index (χ0n) is 11.1. The van der Waals surface area contributed by atoms with Crippen LogP contribution in [0.3, 0.4) is 0 Å². The summed E-state index contributed by atoms with van der Waals surface area (Å²) in [6.07, 6.45) is 0. The van der Waals surface area contributed by atoms with Crippen molar-refractivity contribution >= 4 is 11.7 Å². The molecule has 0 fully saturated rings. The summed E-state index contributed by atoms with van der Waals surface area (Å²) in [6.45, 7) is 3.08. The van der Waals surface area contributed by atoms with Crippen molar-refractivity contribution in [1.29, 1.82) is 0 Å². The van der Waals surface area contributed by atoms with Crippen LogP contribution in [-0.4, -0.2) is 35.3 Å². The van der Waals surface area contributed by atoms with E-state index >= 15 is 0 Å². The monoisotopic (exact) mass is 264 g/mol. The lowest BCUT2D eigenvalue weighted by atomic mass is 9.90. The summed E-state index contributed by atoms with van der Waals surface area (Å²) in [5.74, 6) is -0.364. The van der Waals surface area contributed by atoms with Gasteiger partial charge in [0.2, 0.25) is 0 Å². The molecule has 0 bridgehead atoms. The Labute approximate surface area is 111 Å². The Bertz CT molecular complexity index is 519. The number of hydrogen-bond acceptors (Lipinski definition) is 4. The van der Waals surface area contributed by atoms with Crippen molar-refractivity contribution in [1.82, 2.24) is 0 Å². The fraction of sp³-hybridized carbons (Fsp3) is 0.385. The van der Waals surface area contributed by atoms with E-state index in [1.165, 1.54) is 14.0 Å². The second kappa shape index (κ2) is 6.13. The quantitative estimate of drug-likeness (QED) is 0.373. The molecule has 0 saturated heterocycles. The van der Waals surface area contributed by atoms with Gasteiger partial charge >= 0.3 is 11.7 Å². The Morgan fingerprint density at radius 3 is 2.74 bits per heavy atom. The number of rotatable bonds is 5. The molecule has 1 aromatic carbocycles. The minimum Gasteiger partial charge on any atom is -0.497 e. The summed E-state index contributed by atoms with van der Waals surface area (Å²) >= 11 is 0. The molecule has 19 heavy (non-hydrogen) atoms. The Balaban J connectivity index is 3.20. The number of aliphatic hydroxyl groups is 1. The number of methoxy groups -OCH3 is 1. The average molecular weight is 264 g/mol. The van der Waals surface area contributed by atoms with Crippen molar-refractivity contribution < 1.29 is 24.2 Å². The highest BCUT2D eigenvalue weighted by Gasteiger charge is 2.44. The number of benzene rings is 1. The zero-order chi connectivity index (χ0) is 14.5. The average Bonchev–Trinajstić information content (AvgIpc) is 2.39. The van der Waals surface area contributed by atoms with Crippen LogP contribution in [0.5, 0.6) is 5.75 Å². The molecule has 0 aliphatic rings. The third-order valence-corrected chi connectivity index (χ3v) is 2.66. The maximum Gasteiger partial charge on any atom is 0.420 e. The molecular formula is C13H16N2O4. The zero-order valence-corrected chi connectivity index (χ0v) is 11.1. The van der Waals surface area contributed by atoms with Crippen LogP contribution in [0.1, 0.15) is 19.4 Å². The van der Waals surface area contributed by atoms with E-state index in [0.29, 0.717) is 11.3 Å². The summed E-state index contributed by atoms with van der Waals surface area (Å²) in [5.41, 5.74) is 7.03. The summed E-state index contributed by atoms with van der Waals surface area (Å²) in [6, 6.07) is 6.49. The molecule has 0 spiro atoms. The van der Waals surface area contributed by atoms with Crippen LogP contribution >= 0.6 is 0 Å². The molecule has 1 atom stereocenters. The van der Waals surface area contributed by atoms with Gasteiger partial charge in [0, 0.05) is 0 Å². The Morgan fingerprint density at radius 1 is 1.53 bits per heavy atom. The van der Waals surface area contributed by atoms with Gasteiger partial charge in [0.15, 0.2) is 5.60 Å². The van der Waals surface area contributed by atoms with Crippen LogP contribution < -0.4 is 4.74 Å². The lowest BCUT2D eigenvalue weighted by molar-refractivity contribution is -0.143. The fourth-order valence-electron chi connectivity index (χ4n) is 1.60. The maximum absolute atomic E-state index is 11.6. The smallest absolute Gasteiger partial charge is 0.420 e. The number of carbonyl (C=O) groups excluding carboxylic acids is 1. The molecule has 0 radical (unpaired) electrons. The molecule has 0 aliphatic heterocycles. The Kier molecular flexibility index (Phi) is 4.80. The molecule has 0 saturated carbocycles. The van der Waals surface area contributed by atoms with Crippen molar-refractivity contribution in [2.75, 3.05) is 13.7 Å². The van der Waals surface area contributed by atoms with Crippen LogP contribution in [0.15, 0.2) is 24.3 Å². The summed E-state index contributed by atoms with van der Waals surface area (Å²) in [5, 5.41) is 10.4. The third kappa shape index (κ3) is 3.19. The molecule has 1 aromatic rings. The first kappa shape index (κ1) is 14.9. The topological polar surface area (TPSA) is 92.2 Å². The van der Waals surface area contributed by atoms with Crippen LogP contribution in [0.2, 0.25) is 0 Å². The van der Waals surface area contributed by atoms with Crippen LogP contribution in [-0.2, 0) is 15.1 Å². The fourth-order valence-corrected chi connectivity index (χ4v) is 1.60. The van der Waals surface area contributed by atoms with Crippen molar-refractivity contribution in [2.24, 2.45) is 0 Å². The van der Waals surface area contributed by atoms with Gasteiger partial charge in [-0.3, -0.25) is 0 Å². The molecule has 0 aromatic heterocycles. The molecule has 1 rings (SSSR count). The maximum atomic E-state index is 11.6. The lowest BCUT2D eigenvalue weighted by Crippen LogP contribution is -2.39. The van der Waals surface area contributed by atoms with E-state index < -0.39 is 17.3 Å². The predicted molar refractivity (Wildman–Crippen MR) is 67.8 cm³/mol. The first-order chi connectivity index (χ1) is 8.97. The molecule has 1 N–H and O–H groups in total. The van der Waals surface area contributed by atoms with Gasteiger partial charge in [-0.1, -0.05) is 12.1 Å². The minimum atomic E-state index is -1.78. The van der Waals surface area contributed by atoms with Crippen LogP contribution in [0.4, 0.5) is 0 Å². The second-order valence-electron chi connectivity index (χ2n) is 3.97. The molecule has 6 nitrogen and oxygen atoms in total. The highest BCUT2D eigenvalue weighted by Crippen LogP contribution is 2.25. The number of ether oxygens (including phenoxy) is 2. The predicted octanol–water partition coefficient (Wildman–Crippen LogP) is 1.14. The van der Waals surface area contributed by atoms with Crippen LogP contribution in [0.25, 0.3) is 5.53 Å². The lowest BCUT2D eigenvalue weighted by Gasteiger charge is -2.18. The SMILES string of the molecule is CCOC(=O)C(=[N+]=[N-])C(C)(O)c1cccc(OC)c1. The van der Waals surface area contributed by atoms with Gasteiger partial charge in [0.25, 0.3) is 0 Å². The first-order valence-electron chi connectivity index (χ1n) is 5.73. The van der Waals surface area contributed by atoms with Crippen LogP contribution in [0, 0.1) is 0 Å². The third-order valence-electron chi connectivity index (χ3n) is 2.66. The number of carbonyl (C=O) groups is 1. The van der Waals surface area contributed by atoms with Gasteiger partial charge in [0.1, 0.15) is 5.75 Å². The minimum absolute atomic E-state index is 0.117. The van der Waals surface area contributed by atoms with Crippen molar-refractivity contribution in [3.05, 3.63) is 35.4 Å².